The number of allylic oxidation sites excluding steroid dienone is 8. The molecule has 5 nitrogen and oxygen atoms in total. The maximum atomic E-state index is 12.8. The Hall–Kier alpha value is -2.14. The van der Waals surface area contributed by atoms with E-state index in [1.54, 1.807) is 0 Å². The van der Waals surface area contributed by atoms with Crippen molar-refractivity contribution < 1.29 is 23.8 Å². The highest BCUT2D eigenvalue weighted by atomic mass is 16.6. The summed E-state index contributed by atoms with van der Waals surface area (Å²) in [6.45, 7) is 7.68. The molecule has 1 atom stereocenters. The second-order valence-corrected chi connectivity index (χ2v) is 17.4. The Labute approximate surface area is 373 Å². The zero-order valence-electron chi connectivity index (χ0n) is 40.2. The van der Waals surface area contributed by atoms with Gasteiger partial charge in [0, 0.05) is 19.4 Å². The van der Waals surface area contributed by atoms with Crippen molar-refractivity contribution in [1.82, 2.24) is 0 Å². The molecule has 60 heavy (non-hydrogen) atoms. The van der Waals surface area contributed by atoms with Crippen LogP contribution in [0.2, 0.25) is 0 Å². The van der Waals surface area contributed by atoms with Gasteiger partial charge >= 0.3 is 11.9 Å². The number of unbranched alkanes of at least 4 members (excludes halogenated alkanes) is 29. The lowest BCUT2D eigenvalue weighted by atomic mass is 10.0. The summed E-state index contributed by atoms with van der Waals surface area (Å²) in [6.07, 6.45) is 62.8. The molecule has 0 rings (SSSR count). The van der Waals surface area contributed by atoms with Gasteiger partial charge in [0.25, 0.3) is 0 Å². The largest absolute Gasteiger partial charge is 0.462 e. The van der Waals surface area contributed by atoms with E-state index < -0.39 is 6.10 Å². The normalized spacial score (nSPS) is 12.5. The minimum absolute atomic E-state index is 0.0521. The van der Waals surface area contributed by atoms with Crippen LogP contribution in [0.15, 0.2) is 48.6 Å². The minimum atomic E-state index is -0.559. The van der Waals surface area contributed by atoms with Crippen LogP contribution in [0.5, 0.6) is 0 Å². The smallest absolute Gasteiger partial charge is 0.306 e. The predicted octanol–water partition coefficient (Wildman–Crippen LogP) is 17.6. The van der Waals surface area contributed by atoms with Gasteiger partial charge in [-0.3, -0.25) is 9.59 Å². The summed E-state index contributed by atoms with van der Waals surface area (Å²) in [7, 11) is 0. The molecule has 0 aromatic carbocycles. The van der Waals surface area contributed by atoms with Gasteiger partial charge in [0.05, 0.1) is 6.61 Å². The molecule has 1 unspecified atom stereocenters. The number of carbonyl (C=O) groups is 2. The van der Waals surface area contributed by atoms with Gasteiger partial charge in [-0.1, -0.05) is 256 Å². The number of rotatable bonds is 48. The fourth-order valence-electron chi connectivity index (χ4n) is 7.53. The zero-order chi connectivity index (χ0) is 43.5. The molecule has 5 heteroatoms. The molecule has 0 radical (unpaired) electrons. The van der Waals surface area contributed by atoms with Crippen molar-refractivity contribution >= 4 is 11.9 Å². The lowest BCUT2D eigenvalue weighted by Crippen LogP contribution is -2.30. The molecule has 0 aromatic rings. The number of hydrogen-bond donors (Lipinski definition) is 0. The summed E-state index contributed by atoms with van der Waals surface area (Å²) in [5.41, 5.74) is 0. The highest BCUT2D eigenvalue weighted by Gasteiger charge is 2.17. The fourth-order valence-corrected chi connectivity index (χ4v) is 7.53. The summed E-state index contributed by atoms with van der Waals surface area (Å²) in [4.78, 5) is 25.3. The molecule has 0 aliphatic carbocycles. The van der Waals surface area contributed by atoms with Gasteiger partial charge in [0.1, 0.15) is 6.61 Å². The molecule has 0 aliphatic rings. The summed E-state index contributed by atoms with van der Waals surface area (Å²) >= 11 is 0. The van der Waals surface area contributed by atoms with Crippen molar-refractivity contribution in [1.29, 1.82) is 0 Å². The first-order valence-corrected chi connectivity index (χ1v) is 26.2. The Morgan fingerprint density at radius 3 is 1.17 bits per heavy atom. The van der Waals surface area contributed by atoms with Crippen molar-refractivity contribution in [3.05, 3.63) is 48.6 Å². The number of carbonyl (C=O) groups excluding carboxylic acids is 2. The van der Waals surface area contributed by atoms with E-state index in [0.29, 0.717) is 25.9 Å². The Bertz CT molecular complexity index is 997. The van der Waals surface area contributed by atoms with Crippen LogP contribution >= 0.6 is 0 Å². The molecular weight excluding hydrogens is 741 g/mol. The van der Waals surface area contributed by atoms with Gasteiger partial charge in [0.2, 0.25) is 0 Å². The summed E-state index contributed by atoms with van der Waals surface area (Å²) in [5, 5.41) is 0. The molecule has 0 fully saturated rings. The second-order valence-electron chi connectivity index (χ2n) is 17.4. The van der Waals surface area contributed by atoms with E-state index in [1.165, 1.54) is 173 Å². The third-order valence-electron chi connectivity index (χ3n) is 11.4. The van der Waals surface area contributed by atoms with Gasteiger partial charge in [-0.05, 0) is 44.9 Å². The maximum Gasteiger partial charge on any atom is 0.306 e. The highest BCUT2D eigenvalue weighted by Crippen LogP contribution is 2.16. The summed E-state index contributed by atoms with van der Waals surface area (Å²) in [6, 6.07) is 0. The quantitative estimate of drug-likeness (QED) is 0.0347. The van der Waals surface area contributed by atoms with Gasteiger partial charge in [-0.15, -0.1) is 0 Å². The average molecular weight is 841 g/mol. The van der Waals surface area contributed by atoms with Crippen molar-refractivity contribution in [3.8, 4) is 0 Å². The molecule has 0 amide bonds. The number of hydrogen-bond acceptors (Lipinski definition) is 5. The van der Waals surface area contributed by atoms with E-state index in [1.807, 2.05) is 6.08 Å². The van der Waals surface area contributed by atoms with Crippen molar-refractivity contribution in [2.45, 2.75) is 271 Å². The van der Waals surface area contributed by atoms with Crippen LogP contribution in [-0.4, -0.2) is 37.9 Å². The lowest BCUT2D eigenvalue weighted by Gasteiger charge is -2.18. The summed E-state index contributed by atoms with van der Waals surface area (Å²) in [5.74, 6) is -0.478. The molecule has 0 bridgehead atoms. The number of esters is 2. The minimum Gasteiger partial charge on any atom is -0.462 e. The third kappa shape index (κ3) is 48.5. The topological polar surface area (TPSA) is 61.8 Å². The Morgan fingerprint density at radius 2 is 0.750 bits per heavy atom. The fraction of sp³-hybridized carbons (Fsp3) is 0.818. The summed E-state index contributed by atoms with van der Waals surface area (Å²) < 4.78 is 17.3. The van der Waals surface area contributed by atoms with Crippen molar-refractivity contribution in [2.75, 3.05) is 19.8 Å². The molecule has 0 saturated carbocycles. The average Bonchev–Trinajstić information content (AvgIpc) is 3.25. The Balaban J connectivity index is 4.27. The van der Waals surface area contributed by atoms with Crippen LogP contribution in [0.3, 0.4) is 0 Å². The molecule has 0 N–H and O–H groups in total. The number of ether oxygens (including phenoxy) is 3. The van der Waals surface area contributed by atoms with E-state index in [0.717, 1.165) is 51.4 Å². The molecule has 350 valence electrons. The van der Waals surface area contributed by atoms with Crippen LogP contribution in [0.1, 0.15) is 265 Å². The Kier molecular flexibility index (Phi) is 49.4. The van der Waals surface area contributed by atoms with Gasteiger partial charge < -0.3 is 14.2 Å². The monoisotopic (exact) mass is 841 g/mol. The van der Waals surface area contributed by atoms with Crippen LogP contribution in [0, 0.1) is 0 Å². The van der Waals surface area contributed by atoms with Crippen LogP contribution < -0.4 is 0 Å². The highest BCUT2D eigenvalue weighted by molar-refractivity contribution is 5.70. The van der Waals surface area contributed by atoms with Gasteiger partial charge in [0.15, 0.2) is 6.10 Å². The van der Waals surface area contributed by atoms with Crippen molar-refractivity contribution in [2.24, 2.45) is 0 Å². The maximum absolute atomic E-state index is 12.8. The zero-order valence-corrected chi connectivity index (χ0v) is 40.2. The Morgan fingerprint density at radius 1 is 0.383 bits per heavy atom. The SMILES string of the molecule is CC/C=C\C/C=C\C/C=C\C/C=C\CCC(=O)OCC(COCCCCCCCCCCCCCCCCCCCC)OC(=O)CCCCCCCCCCCCCCC. The van der Waals surface area contributed by atoms with E-state index >= 15 is 0 Å². The second kappa shape index (κ2) is 51.2. The first kappa shape index (κ1) is 57.9. The molecule has 0 aromatic heterocycles. The van der Waals surface area contributed by atoms with Gasteiger partial charge in [-0.25, -0.2) is 0 Å². The molecule has 0 saturated heterocycles. The van der Waals surface area contributed by atoms with E-state index in [-0.39, 0.29) is 25.2 Å². The van der Waals surface area contributed by atoms with Crippen LogP contribution in [0.25, 0.3) is 0 Å². The third-order valence-corrected chi connectivity index (χ3v) is 11.4. The standard InChI is InChI=1S/C55H100O5/c1-4-7-10-13-16-19-22-25-26-27-28-29-32-35-38-41-44-47-50-58-51-53(60-55(57)49-46-43-40-37-34-31-24-21-18-15-12-9-6-3)52-59-54(56)48-45-42-39-36-33-30-23-20-17-14-11-8-5-2/h8,11,17,20,30,33,39,42,53H,4-7,9-10,12-16,18-19,21-29,31-32,34-38,40-41,43-52H2,1-3H3/b11-8-,20-17-,33-30-,42-39-. The molecular formula is C55H100O5. The first-order chi connectivity index (χ1) is 29.6. The van der Waals surface area contributed by atoms with E-state index in [2.05, 4.69) is 63.3 Å². The van der Waals surface area contributed by atoms with Crippen LogP contribution in [0.4, 0.5) is 0 Å². The molecule has 0 heterocycles. The predicted molar refractivity (Wildman–Crippen MR) is 261 cm³/mol. The van der Waals surface area contributed by atoms with Crippen LogP contribution in [-0.2, 0) is 23.8 Å². The van der Waals surface area contributed by atoms with Crippen molar-refractivity contribution in [3.63, 3.8) is 0 Å². The van der Waals surface area contributed by atoms with E-state index in [9.17, 15) is 9.59 Å². The van der Waals surface area contributed by atoms with E-state index in [4.69, 9.17) is 14.2 Å². The molecule has 0 spiro atoms. The van der Waals surface area contributed by atoms with Gasteiger partial charge in [-0.2, -0.15) is 0 Å². The molecule has 0 aliphatic heterocycles. The first-order valence-electron chi connectivity index (χ1n) is 26.2. The lowest BCUT2D eigenvalue weighted by molar-refractivity contribution is -0.162.